The lowest BCUT2D eigenvalue weighted by Crippen LogP contribution is -2.28. The molecule has 0 saturated heterocycles. The summed E-state index contributed by atoms with van der Waals surface area (Å²) >= 11 is 0. The van der Waals surface area contributed by atoms with Crippen molar-refractivity contribution in [1.82, 2.24) is 14.7 Å². The Kier molecular flexibility index (Phi) is 2.99. The number of rotatable bonds is 4. The molecule has 0 aliphatic heterocycles. The molecule has 4 heteroatoms. The summed E-state index contributed by atoms with van der Waals surface area (Å²) in [5.41, 5.74) is 1.94. The maximum absolute atomic E-state index is 8.86. The SMILES string of the molecule is C[C@H](CO)NCc1cn2ccccc2n1. The minimum absolute atomic E-state index is 0.106. The Balaban J connectivity index is 2.09. The molecule has 0 saturated carbocycles. The molecule has 2 rings (SSSR count). The predicted molar refractivity (Wildman–Crippen MR) is 58.6 cm³/mol. The first-order valence-electron chi connectivity index (χ1n) is 5.06. The highest BCUT2D eigenvalue weighted by Gasteiger charge is 2.02. The maximum Gasteiger partial charge on any atom is 0.137 e. The molecule has 1 atom stereocenters. The van der Waals surface area contributed by atoms with Gasteiger partial charge in [0.15, 0.2) is 0 Å². The zero-order valence-electron chi connectivity index (χ0n) is 8.72. The fourth-order valence-electron chi connectivity index (χ4n) is 1.42. The molecule has 0 bridgehead atoms. The van der Waals surface area contributed by atoms with E-state index in [0.717, 1.165) is 11.3 Å². The van der Waals surface area contributed by atoms with Crippen LogP contribution in [0.4, 0.5) is 0 Å². The molecule has 0 radical (unpaired) electrons. The van der Waals surface area contributed by atoms with Gasteiger partial charge in [-0.3, -0.25) is 0 Å². The van der Waals surface area contributed by atoms with Crippen molar-refractivity contribution < 1.29 is 5.11 Å². The van der Waals surface area contributed by atoms with Gasteiger partial charge in [-0.25, -0.2) is 4.98 Å². The first-order chi connectivity index (χ1) is 7.29. The highest BCUT2D eigenvalue weighted by Crippen LogP contribution is 2.04. The minimum Gasteiger partial charge on any atom is -0.395 e. The van der Waals surface area contributed by atoms with Gasteiger partial charge in [0, 0.05) is 25.0 Å². The van der Waals surface area contributed by atoms with Gasteiger partial charge in [0.2, 0.25) is 0 Å². The standard InChI is InChI=1S/C11H15N3O/c1-9(8-15)12-6-10-7-14-5-3-2-4-11(14)13-10/h2-5,7,9,12,15H,6,8H2,1H3/t9-/m1/s1. The number of hydrogen-bond acceptors (Lipinski definition) is 3. The van der Waals surface area contributed by atoms with E-state index >= 15 is 0 Å². The van der Waals surface area contributed by atoms with Crippen molar-refractivity contribution in [3.8, 4) is 0 Å². The van der Waals surface area contributed by atoms with Crippen molar-refractivity contribution in [3.63, 3.8) is 0 Å². The van der Waals surface area contributed by atoms with Crippen LogP contribution in [0, 0.1) is 0 Å². The van der Waals surface area contributed by atoms with E-state index in [4.69, 9.17) is 5.11 Å². The van der Waals surface area contributed by atoms with Crippen molar-refractivity contribution in [3.05, 3.63) is 36.3 Å². The Bertz CT molecular complexity index is 405. The van der Waals surface area contributed by atoms with E-state index in [0.29, 0.717) is 6.54 Å². The third-order valence-corrected chi connectivity index (χ3v) is 2.32. The second kappa shape index (κ2) is 4.42. The third kappa shape index (κ3) is 2.34. The highest BCUT2D eigenvalue weighted by atomic mass is 16.3. The Morgan fingerprint density at radius 1 is 1.53 bits per heavy atom. The Morgan fingerprint density at radius 2 is 2.40 bits per heavy atom. The topological polar surface area (TPSA) is 49.6 Å². The molecule has 0 amide bonds. The monoisotopic (exact) mass is 205 g/mol. The summed E-state index contributed by atoms with van der Waals surface area (Å²) in [7, 11) is 0. The summed E-state index contributed by atoms with van der Waals surface area (Å²) in [6.45, 7) is 2.77. The number of hydrogen-bond donors (Lipinski definition) is 2. The first-order valence-corrected chi connectivity index (χ1v) is 5.06. The van der Waals surface area contributed by atoms with Crippen LogP contribution in [0.3, 0.4) is 0 Å². The van der Waals surface area contributed by atoms with E-state index in [1.54, 1.807) is 0 Å². The molecule has 80 valence electrons. The van der Waals surface area contributed by atoms with Crippen molar-refractivity contribution in [1.29, 1.82) is 0 Å². The second-order valence-corrected chi connectivity index (χ2v) is 3.66. The smallest absolute Gasteiger partial charge is 0.137 e. The molecule has 2 aromatic heterocycles. The van der Waals surface area contributed by atoms with Crippen molar-refractivity contribution in [2.75, 3.05) is 6.61 Å². The molecule has 0 aromatic carbocycles. The van der Waals surface area contributed by atoms with Gasteiger partial charge in [-0.05, 0) is 19.1 Å². The summed E-state index contributed by atoms with van der Waals surface area (Å²) in [6.07, 6.45) is 3.97. The van der Waals surface area contributed by atoms with Crippen LogP contribution in [0.1, 0.15) is 12.6 Å². The molecule has 15 heavy (non-hydrogen) atoms. The largest absolute Gasteiger partial charge is 0.395 e. The summed E-state index contributed by atoms with van der Waals surface area (Å²) < 4.78 is 1.99. The molecule has 0 fully saturated rings. The first kappa shape index (κ1) is 10.1. The predicted octanol–water partition coefficient (Wildman–Crippen LogP) is 0.805. The molecule has 0 unspecified atom stereocenters. The van der Waals surface area contributed by atoms with Gasteiger partial charge in [-0.1, -0.05) is 6.07 Å². The van der Waals surface area contributed by atoms with Crippen molar-refractivity contribution >= 4 is 5.65 Å². The van der Waals surface area contributed by atoms with E-state index in [1.807, 2.05) is 41.9 Å². The van der Waals surface area contributed by atoms with E-state index in [9.17, 15) is 0 Å². The fraction of sp³-hybridized carbons (Fsp3) is 0.364. The normalized spacial score (nSPS) is 13.2. The number of nitrogens with zero attached hydrogens (tertiary/aromatic N) is 2. The van der Waals surface area contributed by atoms with Crippen LogP contribution >= 0.6 is 0 Å². The van der Waals surface area contributed by atoms with Crippen LogP contribution in [-0.4, -0.2) is 27.1 Å². The molecule has 4 nitrogen and oxygen atoms in total. The van der Waals surface area contributed by atoms with Gasteiger partial charge in [0.25, 0.3) is 0 Å². The van der Waals surface area contributed by atoms with Crippen molar-refractivity contribution in [2.24, 2.45) is 0 Å². The van der Waals surface area contributed by atoms with Crippen LogP contribution < -0.4 is 5.32 Å². The number of pyridine rings is 1. The number of fused-ring (bicyclic) bond motifs is 1. The molecular weight excluding hydrogens is 190 g/mol. The summed E-state index contributed by atoms with van der Waals surface area (Å²) in [5, 5.41) is 12.0. The van der Waals surface area contributed by atoms with Crippen LogP contribution in [0.2, 0.25) is 0 Å². The molecular formula is C11H15N3O. The Labute approximate surface area is 88.6 Å². The van der Waals surface area contributed by atoms with Gasteiger partial charge in [0.1, 0.15) is 5.65 Å². The maximum atomic E-state index is 8.86. The number of nitrogens with one attached hydrogen (secondary N) is 1. The molecule has 2 heterocycles. The Morgan fingerprint density at radius 3 is 3.13 bits per heavy atom. The average Bonchev–Trinajstić information content (AvgIpc) is 2.68. The second-order valence-electron chi connectivity index (χ2n) is 3.66. The van der Waals surface area contributed by atoms with E-state index in [2.05, 4.69) is 10.3 Å². The van der Waals surface area contributed by atoms with Crippen LogP contribution in [0.15, 0.2) is 30.6 Å². The summed E-state index contributed by atoms with van der Waals surface area (Å²) in [4.78, 5) is 4.44. The lowest BCUT2D eigenvalue weighted by molar-refractivity contribution is 0.250. The van der Waals surface area contributed by atoms with Gasteiger partial charge < -0.3 is 14.8 Å². The summed E-state index contributed by atoms with van der Waals surface area (Å²) in [6, 6.07) is 6.02. The number of aliphatic hydroxyl groups is 1. The lowest BCUT2D eigenvalue weighted by Gasteiger charge is -2.07. The lowest BCUT2D eigenvalue weighted by atomic mass is 10.3. The zero-order valence-corrected chi connectivity index (χ0v) is 8.72. The highest BCUT2D eigenvalue weighted by molar-refractivity contribution is 5.39. The quantitative estimate of drug-likeness (QED) is 0.776. The van der Waals surface area contributed by atoms with E-state index in [1.165, 1.54) is 0 Å². The van der Waals surface area contributed by atoms with Crippen LogP contribution in [0.5, 0.6) is 0 Å². The number of aromatic nitrogens is 2. The van der Waals surface area contributed by atoms with Gasteiger partial charge in [-0.2, -0.15) is 0 Å². The average molecular weight is 205 g/mol. The van der Waals surface area contributed by atoms with Gasteiger partial charge >= 0.3 is 0 Å². The third-order valence-electron chi connectivity index (χ3n) is 2.32. The van der Waals surface area contributed by atoms with E-state index in [-0.39, 0.29) is 12.6 Å². The van der Waals surface area contributed by atoms with Crippen LogP contribution in [-0.2, 0) is 6.54 Å². The number of imidazole rings is 1. The molecule has 0 spiro atoms. The van der Waals surface area contributed by atoms with E-state index < -0.39 is 0 Å². The molecule has 0 aliphatic rings. The molecule has 0 aliphatic carbocycles. The summed E-state index contributed by atoms with van der Waals surface area (Å²) in [5.74, 6) is 0. The van der Waals surface area contributed by atoms with Gasteiger partial charge in [0.05, 0.1) is 12.3 Å². The fourth-order valence-corrected chi connectivity index (χ4v) is 1.42. The van der Waals surface area contributed by atoms with Crippen LogP contribution in [0.25, 0.3) is 5.65 Å². The minimum atomic E-state index is 0.106. The molecule has 2 aromatic rings. The zero-order chi connectivity index (χ0) is 10.7. The van der Waals surface area contributed by atoms with Gasteiger partial charge in [-0.15, -0.1) is 0 Å². The molecule has 2 N–H and O–H groups in total. The Hall–Kier alpha value is -1.39. The number of aliphatic hydroxyl groups excluding tert-OH is 1. The van der Waals surface area contributed by atoms with Crippen molar-refractivity contribution in [2.45, 2.75) is 19.5 Å².